The van der Waals surface area contributed by atoms with Crippen LogP contribution < -0.4 is 18.9 Å². The van der Waals surface area contributed by atoms with Crippen molar-refractivity contribution in [1.82, 2.24) is 19.7 Å². The average molecular weight is 712 g/mol. The van der Waals surface area contributed by atoms with Crippen molar-refractivity contribution >= 4 is 39.4 Å². The van der Waals surface area contributed by atoms with E-state index < -0.39 is 0 Å². The monoisotopic (exact) mass is 711 g/mol. The summed E-state index contributed by atoms with van der Waals surface area (Å²) < 4.78 is 24.8. The Kier molecular flexibility index (Phi) is 11.4. The molecule has 2 fully saturated rings. The van der Waals surface area contributed by atoms with Crippen LogP contribution >= 0.6 is 11.3 Å². The summed E-state index contributed by atoms with van der Waals surface area (Å²) in [6.45, 7) is 10.7. The molecule has 1 amide bonds. The number of carbonyl (C=O) groups excluding carboxylic acids is 1. The van der Waals surface area contributed by atoms with E-state index in [0.29, 0.717) is 36.0 Å². The van der Waals surface area contributed by atoms with Crippen LogP contribution in [-0.4, -0.2) is 111 Å². The van der Waals surface area contributed by atoms with Gasteiger partial charge in [0.1, 0.15) is 5.01 Å². The molecule has 3 aliphatic heterocycles. The molecular weight excluding hydrogens is 663 g/mol. The number of nitrogens with zero attached hydrogens (tertiary/aromatic N) is 5. The van der Waals surface area contributed by atoms with Gasteiger partial charge in [-0.15, -0.1) is 11.3 Å². The van der Waals surface area contributed by atoms with Crippen molar-refractivity contribution in [3.63, 3.8) is 0 Å². The van der Waals surface area contributed by atoms with Crippen LogP contribution in [-0.2, 0) is 0 Å². The maximum absolute atomic E-state index is 13.1. The molecule has 1 aromatic heterocycles. The Morgan fingerprint density at radius 3 is 2.22 bits per heavy atom. The summed E-state index contributed by atoms with van der Waals surface area (Å²) in [4.78, 5) is 29.6. The second kappa shape index (κ2) is 16.4. The van der Waals surface area contributed by atoms with Crippen LogP contribution in [0.2, 0.25) is 0 Å². The number of aryl methyl sites for hydroxylation is 1. The molecule has 51 heavy (non-hydrogen) atoms. The van der Waals surface area contributed by atoms with Crippen LogP contribution in [0.1, 0.15) is 54.4 Å². The summed E-state index contributed by atoms with van der Waals surface area (Å²) in [7, 11) is 3.31. The molecule has 11 heteroatoms. The molecule has 0 aliphatic carbocycles. The average Bonchev–Trinajstić information content (AvgIpc) is 3.78. The first-order valence-electron chi connectivity index (χ1n) is 18.3. The highest BCUT2D eigenvalue weighted by Crippen LogP contribution is 2.39. The number of ether oxygens (including phenoxy) is 4. The number of methoxy groups -OCH3 is 2. The van der Waals surface area contributed by atoms with Gasteiger partial charge in [-0.2, -0.15) is 0 Å². The van der Waals surface area contributed by atoms with Gasteiger partial charge in [0.25, 0.3) is 5.91 Å². The second-order valence-electron chi connectivity index (χ2n) is 13.7. The lowest BCUT2D eigenvalue weighted by Crippen LogP contribution is -2.46. The van der Waals surface area contributed by atoms with Gasteiger partial charge in [0.15, 0.2) is 23.0 Å². The van der Waals surface area contributed by atoms with Gasteiger partial charge in [-0.1, -0.05) is 6.07 Å². The van der Waals surface area contributed by atoms with Crippen LogP contribution in [0.25, 0.3) is 20.8 Å². The zero-order chi connectivity index (χ0) is 35.2. The van der Waals surface area contributed by atoms with E-state index in [1.54, 1.807) is 31.6 Å². The first-order chi connectivity index (χ1) is 25.0. The van der Waals surface area contributed by atoms with Crippen molar-refractivity contribution < 1.29 is 23.7 Å². The number of rotatable bonds is 15. The highest BCUT2D eigenvalue weighted by Gasteiger charge is 2.32. The Morgan fingerprint density at radius 1 is 0.784 bits per heavy atom. The van der Waals surface area contributed by atoms with Crippen LogP contribution in [0, 0.1) is 6.92 Å². The molecule has 4 heterocycles. The van der Waals surface area contributed by atoms with Crippen LogP contribution in [0.15, 0.2) is 53.5 Å². The molecule has 0 bridgehead atoms. The molecule has 4 aromatic rings. The summed E-state index contributed by atoms with van der Waals surface area (Å²) in [5.41, 5.74) is 4.57. The Labute approximate surface area is 305 Å². The fourth-order valence-corrected chi connectivity index (χ4v) is 8.23. The van der Waals surface area contributed by atoms with Crippen molar-refractivity contribution in [3.8, 4) is 33.6 Å². The molecule has 1 atom stereocenters. The number of aromatic nitrogens is 1. The predicted molar refractivity (Wildman–Crippen MR) is 204 cm³/mol. The van der Waals surface area contributed by atoms with E-state index in [1.165, 1.54) is 10.3 Å². The summed E-state index contributed by atoms with van der Waals surface area (Å²) in [6, 6.07) is 16.2. The lowest BCUT2D eigenvalue weighted by molar-refractivity contribution is 0.0774. The Hall–Kier alpha value is -4.19. The van der Waals surface area contributed by atoms with Crippen LogP contribution in [0.4, 0.5) is 5.69 Å². The van der Waals surface area contributed by atoms with Gasteiger partial charge in [0.2, 0.25) is 0 Å². The smallest absolute Gasteiger partial charge is 0.256 e. The molecule has 3 aromatic carbocycles. The summed E-state index contributed by atoms with van der Waals surface area (Å²) in [5.74, 6) is 2.78. The predicted octanol–water partition coefficient (Wildman–Crippen LogP) is 7.25. The highest BCUT2D eigenvalue weighted by molar-refractivity contribution is 7.21. The van der Waals surface area contributed by atoms with Gasteiger partial charge in [-0.25, -0.2) is 4.98 Å². The highest BCUT2D eigenvalue weighted by atomic mass is 32.1. The van der Waals surface area contributed by atoms with E-state index in [0.717, 1.165) is 112 Å². The number of fused-ring (bicyclic) bond motifs is 3. The third-order valence-corrected chi connectivity index (χ3v) is 11.2. The number of carbonyl (C=O) groups is 1. The van der Waals surface area contributed by atoms with Gasteiger partial charge in [-0.05, 0) is 100 Å². The van der Waals surface area contributed by atoms with Crippen molar-refractivity contribution in [1.29, 1.82) is 0 Å². The number of aliphatic imine (C=N–C) groups is 1. The van der Waals surface area contributed by atoms with Gasteiger partial charge in [0.05, 0.1) is 54.9 Å². The first kappa shape index (κ1) is 35.2. The zero-order valence-corrected chi connectivity index (χ0v) is 30.9. The zero-order valence-electron chi connectivity index (χ0n) is 30.1. The van der Waals surface area contributed by atoms with Gasteiger partial charge < -0.3 is 33.6 Å². The molecule has 0 saturated carbocycles. The molecule has 7 rings (SSSR count). The number of amides is 1. The van der Waals surface area contributed by atoms with Gasteiger partial charge >= 0.3 is 0 Å². The third kappa shape index (κ3) is 8.32. The number of benzene rings is 3. The topological polar surface area (TPSA) is 89.0 Å². The minimum absolute atomic E-state index is 0.0271. The molecule has 3 aliphatic rings. The van der Waals surface area contributed by atoms with Crippen molar-refractivity contribution in [2.45, 2.75) is 51.5 Å². The molecule has 270 valence electrons. The molecule has 1 unspecified atom stereocenters. The third-order valence-electron chi connectivity index (χ3n) is 10.1. The quantitative estimate of drug-likeness (QED) is 0.119. The Balaban J connectivity index is 0.781. The molecule has 0 radical (unpaired) electrons. The van der Waals surface area contributed by atoms with Gasteiger partial charge in [-0.3, -0.25) is 9.79 Å². The summed E-state index contributed by atoms with van der Waals surface area (Å²) in [6.07, 6.45) is 8.02. The molecule has 10 nitrogen and oxygen atoms in total. The maximum Gasteiger partial charge on any atom is 0.256 e. The van der Waals surface area contributed by atoms with Crippen molar-refractivity contribution in [2.75, 3.05) is 73.2 Å². The van der Waals surface area contributed by atoms with Crippen molar-refractivity contribution in [2.24, 2.45) is 4.99 Å². The van der Waals surface area contributed by atoms with E-state index in [4.69, 9.17) is 23.9 Å². The molecule has 0 spiro atoms. The van der Waals surface area contributed by atoms with E-state index in [2.05, 4.69) is 46.0 Å². The van der Waals surface area contributed by atoms with Crippen LogP contribution in [0.5, 0.6) is 23.0 Å². The number of thiazole rings is 1. The van der Waals surface area contributed by atoms with E-state index in [-0.39, 0.29) is 11.9 Å². The van der Waals surface area contributed by atoms with E-state index in [9.17, 15) is 4.79 Å². The van der Waals surface area contributed by atoms with Gasteiger partial charge in [0, 0.05) is 50.6 Å². The largest absolute Gasteiger partial charge is 0.493 e. The summed E-state index contributed by atoms with van der Waals surface area (Å²) in [5, 5.41) is 0.989. The lowest BCUT2D eigenvalue weighted by Gasteiger charge is -2.34. The fourth-order valence-electron chi connectivity index (χ4n) is 7.17. The number of unbranched alkanes of at least 4 members (excludes halogenated alkanes) is 2. The fraction of sp³-hybridized carbons (Fsp3) is 0.475. The normalized spacial score (nSPS) is 17.7. The number of hydrogen-bond acceptors (Lipinski definition) is 10. The number of piperazine rings is 1. The Morgan fingerprint density at radius 2 is 1.49 bits per heavy atom. The second-order valence-corrected chi connectivity index (χ2v) is 14.7. The molecule has 2 saturated heterocycles. The minimum Gasteiger partial charge on any atom is -0.493 e. The van der Waals surface area contributed by atoms with Crippen molar-refractivity contribution in [3.05, 3.63) is 59.7 Å². The molecule has 0 N–H and O–H groups in total. The first-order valence-corrected chi connectivity index (χ1v) is 19.1. The summed E-state index contributed by atoms with van der Waals surface area (Å²) >= 11 is 1.70. The van der Waals surface area contributed by atoms with Crippen LogP contribution in [0.3, 0.4) is 0 Å². The SMILES string of the molecule is COc1cc(-c2nc3ccc(C)cc3s2)ccc1OCCCCN1CCN(CCCCOc2cc3c(cc2OC)C(=O)N2CCCC2C=N3)CC1. The lowest BCUT2D eigenvalue weighted by atomic mass is 10.1. The standard InChI is InChI=1S/C40H49N5O5S/c1-28-10-12-32-38(23-28)51-39(42-32)29-11-13-34(35(24-29)47-2)49-21-6-4-14-43-17-19-44(20-18-43)15-5-7-22-50-37-26-33-31(25-36(37)48-3)40(46)45-16-8-9-30(45)27-41-33/h10-13,23-27,30H,4-9,14-22H2,1-3H3. The maximum atomic E-state index is 13.1. The van der Waals surface area contributed by atoms with E-state index in [1.807, 2.05) is 29.3 Å². The molecular formula is C40H49N5O5S. The number of hydrogen-bond donors (Lipinski definition) is 0. The Bertz CT molecular complexity index is 1850. The minimum atomic E-state index is 0.0271. The van der Waals surface area contributed by atoms with E-state index >= 15 is 0 Å².